The Morgan fingerprint density at radius 1 is 1.50 bits per heavy atom. The first-order valence-electron chi connectivity index (χ1n) is 6.38. The quantitative estimate of drug-likeness (QED) is 0.485. The first-order chi connectivity index (χ1) is 8.53. The number of carbonyl (C=O) groups is 1. The summed E-state index contributed by atoms with van der Waals surface area (Å²) in [5, 5.41) is 0. The molecule has 1 aromatic rings. The van der Waals surface area contributed by atoms with Crippen LogP contribution in [0.1, 0.15) is 42.6 Å². The highest BCUT2D eigenvalue weighted by atomic mass is 16.2. The lowest BCUT2D eigenvalue weighted by Crippen LogP contribution is -2.37. The number of nitrogen functional groups attached to an aromatic ring is 1. The summed E-state index contributed by atoms with van der Waals surface area (Å²) < 4.78 is 0. The van der Waals surface area contributed by atoms with E-state index in [1.807, 2.05) is 12.1 Å². The van der Waals surface area contributed by atoms with Gasteiger partial charge in [0.2, 0.25) is 0 Å². The van der Waals surface area contributed by atoms with Gasteiger partial charge >= 0.3 is 0 Å². The fraction of sp³-hybridized carbons (Fsp3) is 0.500. The van der Waals surface area contributed by atoms with Crippen LogP contribution < -0.4 is 11.3 Å². The lowest BCUT2D eigenvalue weighted by Gasteiger charge is -2.31. The number of hydrogen-bond donors (Lipinski definition) is 2. The highest BCUT2D eigenvalue weighted by Crippen LogP contribution is 2.29. The molecule has 4 heteroatoms. The van der Waals surface area contributed by atoms with Crippen LogP contribution in [0.2, 0.25) is 0 Å². The third kappa shape index (κ3) is 2.71. The largest absolute Gasteiger partial charge is 0.294 e. The monoisotopic (exact) mass is 247 g/mol. The summed E-state index contributed by atoms with van der Waals surface area (Å²) in [4.78, 5) is 13.9. The topological polar surface area (TPSA) is 58.4 Å². The molecule has 0 atom stereocenters. The summed E-state index contributed by atoms with van der Waals surface area (Å²) in [6.45, 7) is 6.56. The minimum Gasteiger partial charge on any atom is -0.294 e. The molecule has 1 saturated heterocycles. The molecule has 1 aliphatic rings. The third-order valence-electron chi connectivity index (χ3n) is 3.77. The third-order valence-corrected chi connectivity index (χ3v) is 3.77. The Kier molecular flexibility index (Phi) is 3.68. The molecule has 0 aliphatic carbocycles. The normalized spacial score (nSPS) is 18.8. The van der Waals surface area contributed by atoms with E-state index < -0.39 is 0 Å². The number of nitrogens with zero attached hydrogens (tertiary/aromatic N) is 1. The maximum Gasteiger partial charge on any atom is 0.265 e. The van der Waals surface area contributed by atoms with E-state index in [4.69, 9.17) is 5.84 Å². The summed E-state index contributed by atoms with van der Waals surface area (Å²) in [6, 6.07) is 7.65. The SMILES string of the molecule is CC1(C)CCCN1Cc1cccc(C(=O)NN)c1. The summed E-state index contributed by atoms with van der Waals surface area (Å²) in [5.41, 5.74) is 4.20. The van der Waals surface area contributed by atoms with E-state index in [-0.39, 0.29) is 11.4 Å². The first-order valence-corrected chi connectivity index (χ1v) is 6.38. The first kappa shape index (κ1) is 13.1. The van der Waals surface area contributed by atoms with Crippen molar-refractivity contribution in [3.8, 4) is 0 Å². The van der Waals surface area contributed by atoms with Gasteiger partial charge in [-0.15, -0.1) is 0 Å². The van der Waals surface area contributed by atoms with Crippen molar-refractivity contribution in [2.45, 2.75) is 38.8 Å². The molecule has 0 spiro atoms. The van der Waals surface area contributed by atoms with Crippen LogP contribution >= 0.6 is 0 Å². The van der Waals surface area contributed by atoms with Crippen LogP contribution in [-0.4, -0.2) is 22.9 Å². The molecule has 1 aromatic carbocycles. The van der Waals surface area contributed by atoms with Crippen molar-refractivity contribution >= 4 is 5.91 Å². The fourth-order valence-electron chi connectivity index (χ4n) is 2.57. The van der Waals surface area contributed by atoms with Crippen LogP contribution in [-0.2, 0) is 6.54 Å². The molecule has 0 bridgehead atoms. The highest BCUT2D eigenvalue weighted by Gasteiger charge is 2.31. The molecule has 1 amide bonds. The maximum absolute atomic E-state index is 11.5. The van der Waals surface area contributed by atoms with Gasteiger partial charge in [-0.05, 0) is 50.9 Å². The number of hydrazine groups is 1. The Morgan fingerprint density at radius 3 is 2.89 bits per heavy atom. The smallest absolute Gasteiger partial charge is 0.265 e. The van der Waals surface area contributed by atoms with E-state index in [0.717, 1.165) is 18.7 Å². The number of amides is 1. The van der Waals surface area contributed by atoms with Crippen molar-refractivity contribution in [1.82, 2.24) is 10.3 Å². The molecule has 4 nitrogen and oxygen atoms in total. The van der Waals surface area contributed by atoms with Crippen molar-refractivity contribution in [3.63, 3.8) is 0 Å². The molecule has 2 rings (SSSR count). The van der Waals surface area contributed by atoms with Crippen molar-refractivity contribution < 1.29 is 4.79 Å². The number of hydrogen-bond acceptors (Lipinski definition) is 3. The predicted molar refractivity (Wildman–Crippen MR) is 71.8 cm³/mol. The maximum atomic E-state index is 11.5. The lowest BCUT2D eigenvalue weighted by molar-refractivity contribution is 0.0953. The molecular weight excluding hydrogens is 226 g/mol. The van der Waals surface area contributed by atoms with Crippen LogP contribution in [0.15, 0.2) is 24.3 Å². The van der Waals surface area contributed by atoms with E-state index in [2.05, 4.69) is 30.2 Å². The summed E-state index contributed by atoms with van der Waals surface area (Å²) in [7, 11) is 0. The Bertz CT molecular complexity index is 442. The lowest BCUT2D eigenvalue weighted by atomic mass is 10.0. The molecule has 0 saturated carbocycles. The molecule has 98 valence electrons. The summed E-state index contributed by atoms with van der Waals surface area (Å²) in [5.74, 6) is 4.91. The molecule has 0 unspecified atom stereocenters. The van der Waals surface area contributed by atoms with Gasteiger partial charge in [-0.25, -0.2) is 5.84 Å². The number of rotatable bonds is 3. The molecule has 1 aliphatic heterocycles. The van der Waals surface area contributed by atoms with Gasteiger partial charge in [-0.2, -0.15) is 0 Å². The second-order valence-electron chi connectivity index (χ2n) is 5.51. The van der Waals surface area contributed by atoms with Gasteiger partial charge in [0.15, 0.2) is 0 Å². The summed E-state index contributed by atoms with van der Waals surface area (Å²) >= 11 is 0. The average molecular weight is 247 g/mol. The van der Waals surface area contributed by atoms with Crippen LogP contribution in [0.3, 0.4) is 0 Å². The van der Waals surface area contributed by atoms with Gasteiger partial charge < -0.3 is 0 Å². The van der Waals surface area contributed by atoms with Gasteiger partial charge in [0.25, 0.3) is 5.91 Å². The number of nitrogens with two attached hydrogens (primary N) is 1. The second-order valence-corrected chi connectivity index (χ2v) is 5.51. The van der Waals surface area contributed by atoms with Gasteiger partial charge in [0.1, 0.15) is 0 Å². The molecule has 0 radical (unpaired) electrons. The second kappa shape index (κ2) is 5.08. The zero-order valence-electron chi connectivity index (χ0n) is 11.1. The van der Waals surface area contributed by atoms with Gasteiger partial charge in [0.05, 0.1) is 0 Å². The molecule has 1 heterocycles. The summed E-state index contributed by atoms with van der Waals surface area (Å²) in [6.07, 6.45) is 2.48. The minimum atomic E-state index is -0.238. The van der Waals surface area contributed by atoms with Crippen LogP contribution in [0.4, 0.5) is 0 Å². The van der Waals surface area contributed by atoms with E-state index >= 15 is 0 Å². The van der Waals surface area contributed by atoms with E-state index in [0.29, 0.717) is 5.56 Å². The number of carbonyl (C=O) groups excluding carboxylic acids is 1. The Balaban J connectivity index is 2.12. The van der Waals surface area contributed by atoms with Crippen molar-refractivity contribution in [3.05, 3.63) is 35.4 Å². The molecule has 0 aromatic heterocycles. The van der Waals surface area contributed by atoms with E-state index in [9.17, 15) is 4.79 Å². The molecular formula is C14H21N3O. The number of nitrogens with one attached hydrogen (secondary N) is 1. The van der Waals surface area contributed by atoms with Crippen LogP contribution in [0, 0.1) is 0 Å². The zero-order valence-corrected chi connectivity index (χ0v) is 11.1. The Labute approximate surface area is 108 Å². The molecule has 18 heavy (non-hydrogen) atoms. The van der Waals surface area contributed by atoms with Gasteiger partial charge in [0, 0.05) is 17.6 Å². The zero-order chi connectivity index (χ0) is 13.2. The molecule has 3 N–H and O–H groups in total. The average Bonchev–Trinajstić information content (AvgIpc) is 2.68. The minimum absolute atomic E-state index is 0.238. The van der Waals surface area contributed by atoms with Gasteiger partial charge in [-0.1, -0.05) is 12.1 Å². The fourth-order valence-corrected chi connectivity index (χ4v) is 2.57. The van der Waals surface area contributed by atoms with E-state index in [1.54, 1.807) is 6.07 Å². The predicted octanol–water partition coefficient (Wildman–Crippen LogP) is 1.66. The van der Waals surface area contributed by atoms with Crippen molar-refractivity contribution in [2.24, 2.45) is 5.84 Å². The van der Waals surface area contributed by atoms with Gasteiger partial charge in [-0.3, -0.25) is 15.1 Å². The van der Waals surface area contributed by atoms with Crippen molar-refractivity contribution in [2.75, 3.05) is 6.54 Å². The number of benzene rings is 1. The Hall–Kier alpha value is -1.39. The Morgan fingerprint density at radius 2 is 2.28 bits per heavy atom. The van der Waals surface area contributed by atoms with E-state index in [1.165, 1.54) is 12.8 Å². The van der Waals surface area contributed by atoms with Crippen molar-refractivity contribution in [1.29, 1.82) is 0 Å². The number of likely N-dealkylation sites (tertiary alicyclic amines) is 1. The molecule has 1 fully saturated rings. The standard InChI is InChI=1S/C14H21N3O/c1-14(2)7-4-8-17(14)10-11-5-3-6-12(9-11)13(18)16-15/h3,5-6,9H,4,7-8,10,15H2,1-2H3,(H,16,18). The van der Waals surface area contributed by atoms with Crippen LogP contribution in [0.25, 0.3) is 0 Å². The van der Waals surface area contributed by atoms with Crippen LogP contribution in [0.5, 0.6) is 0 Å². The highest BCUT2D eigenvalue weighted by molar-refractivity contribution is 5.93.